The fraction of sp³-hybridized carbons (Fsp3) is 0.167. The molecule has 2 nitrogen and oxygen atoms in total. The molecular weight excluding hydrogens is 464 g/mol. The van der Waals surface area contributed by atoms with Crippen LogP contribution in [0.2, 0.25) is 0 Å². The molecule has 0 unspecified atom stereocenters. The molecule has 186 valence electrons. The van der Waals surface area contributed by atoms with E-state index in [1.807, 2.05) is 24.3 Å². The van der Waals surface area contributed by atoms with Crippen molar-refractivity contribution in [1.82, 2.24) is 0 Å². The number of hydrogen-bond donors (Lipinski definition) is 0. The van der Waals surface area contributed by atoms with Crippen LogP contribution in [0.3, 0.4) is 0 Å². The third-order valence-corrected chi connectivity index (χ3v) is 7.94. The number of carbonyl (C=O) groups excluding carboxylic acids is 2. The number of fused-ring (bicyclic) bond motifs is 3. The van der Waals surface area contributed by atoms with E-state index in [2.05, 4.69) is 77.9 Å². The van der Waals surface area contributed by atoms with Crippen LogP contribution in [0.1, 0.15) is 65.2 Å². The van der Waals surface area contributed by atoms with Crippen LogP contribution in [-0.2, 0) is 0 Å². The Balaban J connectivity index is 1.90. The Labute approximate surface area is 224 Å². The van der Waals surface area contributed by atoms with Gasteiger partial charge in [-0.3, -0.25) is 9.59 Å². The van der Waals surface area contributed by atoms with Crippen molar-refractivity contribution in [2.75, 3.05) is 0 Å². The molecule has 0 radical (unpaired) electrons. The van der Waals surface area contributed by atoms with E-state index in [4.69, 9.17) is 0 Å². The third-order valence-electron chi connectivity index (χ3n) is 7.94. The van der Waals surface area contributed by atoms with Crippen molar-refractivity contribution >= 4 is 22.3 Å². The maximum Gasteiger partial charge on any atom is 0.195 e. The second-order valence-corrected chi connectivity index (χ2v) is 10.8. The predicted octanol–water partition coefficient (Wildman–Crippen LogP) is 8.80. The van der Waals surface area contributed by atoms with Gasteiger partial charge < -0.3 is 0 Å². The zero-order valence-corrected chi connectivity index (χ0v) is 22.7. The molecule has 0 atom stereocenters. The number of hydrogen-bond acceptors (Lipinski definition) is 2. The lowest BCUT2D eigenvalue weighted by atomic mass is 9.73. The molecule has 38 heavy (non-hydrogen) atoms. The molecule has 0 N–H and O–H groups in total. The summed E-state index contributed by atoms with van der Waals surface area (Å²) in [5, 5.41) is 1.99. The lowest BCUT2D eigenvalue weighted by molar-refractivity contribution is 0.0980. The highest BCUT2D eigenvalue weighted by molar-refractivity contribution is 6.35. The minimum Gasteiger partial charge on any atom is -0.289 e. The summed E-state index contributed by atoms with van der Waals surface area (Å²) in [6.45, 7) is 12.6. The van der Waals surface area contributed by atoms with E-state index >= 15 is 0 Å². The summed E-state index contributed by atoms with van der Waals surface area (Å²) in [5.41, 5.74) is 12.6. The van der Waals surface area contributed by atoms with Gasteiger partial charge in [0.2, 0.25) is 0 Å². The molecule has 0 aliphatic heterocycles. The summed E-state index contributed by atoms with van der Waals surface area (Å²) in [6, 6.07) is 24.2. The predicted molar refractivity (Wildman–Crippen MR) is 157 cm³/mol. The molecule has 0 heterocycles. The molecule has 0 aromatic heterocycles. The first-order valence-electron chi connectivity index (χ1n) is 13.1. The first kappa shape index (κ1) is 24.1. The van der Waals surface area contributed by atoms with Gasteiger partial charge in [0.05, 0.1) is 0 Å². The highest BCUT2D eigenvalue weighted by atomic mass is 16.1. The van der Waals surface area contributed by atoms with Crippen molar-refractivity contribution in [2.45, 2.75) is 41.5 Å². The standard InChI is InChI=1S/C36H30O2/c1-19-15-21(3)29(22(4)16-19)31-25-11-7-8-12-26(25)32(30-23(5)17-20(2)18-24(30)6)34-33(31)35(37)27-13-9-10-14-28(27)36(34)38/h7-18H,1-6H3. The smallest absolute Gasteiger partial charge is 0.195 e. The summed E-state index contributed by atoms with van der Waals surface area (Å²) in [5.74, 6) is -0.169. The molecule has 6 rings (SSSR count). The minimum atomic E-state index is -0.0843. The molecule has 5 aromatic carbocycles. The number of ketones is 2. The van der Waals surface area contributed by atoms with Crippen molar-refractivity contribution in [3.8, 4) is 22.3 Å². The van der Waals surface area contributed by atoms with Gasteiger partial charge in [-0.15, -0.1) is 0 Å². The molecule has 0 saturated carbocycles. The van der Waals surface area contributed by atoms with Crippen molar-refractivity contribution in [1.29, 1.82) is 0 Å². The average Bonchev–Trinajstić information content (AvgIpc) is 2.86. The summed E-state index contributed by atoms with van der Waals surface area (Å²) >= 11 is 0. The first-order valence-corrected chi connectivity index (χ1v) is 13.1. The van der Waals surface area contributed by atoms with Crippen LogP contribution in [0.4, 0.5) is 0 Å². The van der Waals surface area contributed by atoms with Crippen molar-refractivity contribution in [3.63, 3.8) is 0 Å². The molecule has 0 saturated heterocycles. The lowest BCUT2D eigenvalue weighted by Crippen LogP contribution is -2.23. The van der Waals surface area contributed by atoms with Gasteiger partial charge in [-0.2, -0.15) is 0 Å². The zero-order chi connectivity index (χ0) is 26.9. The van der Waals surface area contributed by atoms with Crippen LogP contribution in [0.5, 0.6) is 0 Å². The van der Waals surface area contributed by atoms with E-state index in [0.717, 1.165) is 55.3 Å². The zero-order valence-electron chi connectivity index (χ0n) is 22.7. The van der Waals surface area contributed by atoms with Gasteiger partial charge in [0.1, 0.15) is 0 Å². The van der Waals surface area contributed by atoms with E-state index in [9.17, 15) is 9.59 Å². The molecule has 0 spiro atoms. The Morgan fingerprint density at radius 2 is 0.711 bits per heavy atom. The van der Waals surface area contributed by atoms with Crippen LogP contribution >= 0.6 is 0 Å². The summed E-state index contributed by atoms with van der Waals surface area (Å²) in [7, 11) is 0. The quantitative estimate of drug-likeness (QED) is 0.241. The Kier molecular flexibility index (Phi) is 5.47. The summed E-state index contributed by atoms with van der Waals surface area (Å²) in [4.78, 5) is 28.9. The topological polar surface area (TPSA) is 34.1 Å². The van der Waals surface area contributed by atoms with Crippen molar-refractivity contribution in [2.24, 2.45) is 0 Å². The van der Waals surface area contributed by atoms with Crippen molar-refractivity contribution in [3.05, 3.63) is 128 Å². The Bertz CT molecular complexity index is 1670. The van der Waals surface area contributed by atoms with Crippen LogP contribution in [0.15, 0.2) is 72.8 Å². The lowest BCUT2D eigenvalue weighted by Gasteiger charge is -2.28. The number of carbonyl (C=O) groups is 2. The Morgan fingerprint density at radius 1 is 0.395 bits per heavy atom. The molecule has 0 bridgehead atoms. The monoisotopic (exact) mass is 494 g/mol. The Hall–Kier alpha value is -4.30. The number of aryl methyl sites for hydroxylation is 6. The number of rotatable bonds is 2. The minimum absolute atomic E-state index is 0.0843. The highest BCUT2D eigenvalue weighted by Gasteiger charge is 2.37. The molecule has 2 heteroatoms. The van der Waals surface area contributed by atoms with E-state index < -0.39 is 0 Å². The third kappa shape index (κ3) is 3.40. The molecule has 0 fully saturated rings. The van der Waals surface area contributed by atoms with Gasteiger partial charge in [-0.05, 0) is 85.7 Å². The van der Waals surface area contributed by atoms with E-state index in [0.29, 0.717) is 22.3 Å². The molecule has 1 aliphatic rings. The largest absolute Gasteiger partial charge is 0.289 e. The van der Waals surface area contributed by atoms with E-state index in [-0.39, 0.29) is 11.6 Å². The van der Waals surface area contributed by atoms with Crippen LogP contribution in [-0.4, -0.2) is 11.6 Å². The van der Waals surface area contributed by atoms with Crippen LogP contribution < -0.4 is 0 Å². The summed E-state index contributed by atoms with van der Waals surface area (Å²) < 4.78 is 0. The van der Waals surface area contributed by atoms with Crippen molar-refractivity contribution < 1.29 is 9.59 Å². The molecule has 0 amide bonds. The average molecular weight is 495 g/mol. The SMILES string of the molecule is Cc1cc(C)c(-c2c3c(c(-c4c(C)cc(C)cc4C)c4ccccc24)C(=O)c2ccccc2C3=O)c(C)c1. The molecular formula is C36H30O2. The second-order valence-electron chi connectivity index (χ2n) is 10.8. The summed E-state index contributed by atoms with van der Waals surface area (Å²) in [6.07, 6.45) is 0. The molecule has 1 aliphatic carbocycles. The van der Waals surface area contributed by atoms with Crippen LogP contribution in [0.25, 0.3) is 33.0 Å². The van der Waals surface area contributed by atoms with Gasteiger partial charge >= 0.3 is 0 Å². The van der Waals surface area contributed by atoms with Crippen LogP contribution in [0, 0.1) is 41.5 Å². The van der Waals surface area contributed by atoms with E-state index in [1.54, 1.807) is 12.1 Å². The van der Waals surface area contributed by atoms with Gasteiger partial charge in [0, 0.05) is 33.4 Å². The second kappa shape index (κ2) is 8.63. The maximum atomic E-state index is 14.4. The van der Waals surface area contributed by atoms with Gasteiger partial charge in [-0.1, -0.05) is 83.9 Å². The maximum absolute atomic E-state index is 14.4. The van der Waals surface area contributed by atoms with Gasteiger partial charge in [0.25, 0.3) is 0 Å². The van der Waals surface area contributed by atoms with E-state index in [1.165, 1.54) is 11.1 Å². The van der Waals surface area contributed by atoms with Gasteiger partial charge in [0.15, 0.2) is 11.6 Å². The fourth-order valence-corrected chi connectivity index (χ4v) is 6.71. The normalized spacial score (nSPS) is 12.6. The van der Waals surface area contributed by atoms with Gasteiger partial charge in [-0.25, -0.2) is 0 Å². The number of benzene rings is 5. The first-order chi connectivity index (χ1) is 18.2. The fourth-order valence-electron chi connectivity index (χ4n) is 6.71. The Morgan fingerprint density at radius 3 is 1.05 bits per heavy atom. The molecule has 5 aromatic rings. The highest BCUT2D eigenvalue weighted by Crippen LogP contribution is 2.48.